The number of nitrogens with one attached hydrogen (secondary N) is 2. The Hall–Kier alpha value is -3.29. The van der Waals surface area contributed by atoms with Gasteiger partial charge in [0, 0.05) is 44.4 Å². The molecule has 1 amide bonds. The Morgan fingerprint density at radius 2 is 1.97 bits per heavy atom. The number of hydrogen-bond acceptors (Lipinski definition) is 5. The Balaban J connectivity index is 1.59. The number of pyridine rings is 1. The van der Waals surface area contributed by atoms with Crippen LogP contribution in [0, 0.1) is 0 Å². The van der Waals surface area contributed by atoms with Gasteiger partial charge in [-0.1, -0.05) is 6.92 Å². The lowest BCUT2D eigenvalue weighted by molar-refractivity contribution is -0.129. The number of rotatable bonds is 9. The molecule has 0 radical (unpaired) electrons. The quantitative estimate of drug-likeness (QED) is 0.460. The number of nitrogens with zero attached hydrogens (tertiary/aromatic N) is 3. The third kappa shape index (κ3) is 6.87. The molecule has 0 bridgehead atoms. The van der Waals surface area contributed by atoms with Crippen LogP contribution >= 0.6 is 0 Å². The number of hydrogen-bond donors (Lipinski definition) is 2. The molecule has 1 aromatic carbocycles. The zero-order valence-electron chi connectivity index (χ0n) is 19.1. The van der Waals surface area contributed by atoms with Gasteiger partial charge < -0.3 is 25.0 Å². The first kappa shape index (κ1) is 23.4. The molecule has 2 aromatic rings. The molecule has 3 rings (SSSR count). The SMILES string of the molecule is CCNC(=NCc1ccnc(Oc2ccc(OCC)cc2)c1)NC1CCN(C(=O)CC)C1. The summed E-state index contributed by atoms with van der Waals surface area (Å²) in [5.41, 5.74) is 0.993. The predicted octanol–water partition coefficient (Wildman–Crippen LogP) is 3.34. The van der Waals surface area contributed by atoms with E-state index in [1.807, 2.05) is 62.1 Å². The summed E-state index contributed by atoms with van der Waals surface area (Å²) in [6.07, 6.45) is 3.19. The maximum atomic E-state index is 11.9. The lowest BCUT2D eigenvalue weighted by Gasteiger charge is -2.18. The van der Waals surface area contributed by atoms with Crippen molar-refractivity contribution in [2.24, 2.45) is 4.99 Å². The molecule has 1 aromatic heterocycles. The highest BCUT2D eigenvalue weighted by Gasteiger charge is 2.25. The molecule has 1 fully saturated rings. The number of aliphatic imine (C=N–C) groups is 1. The van der Waals surface area contributed by atoms with Crippen LogP contribution in [-0.4, -0.2) is 54.0 Å². The van der Waals surface area contributed by atoms with Gasteiger partial charge in [0.25, 0.3) is 0 Å². The molecule has 1 atom stereocenters. The van der Waals surface area contributed by atoms with Gasteiger partial charge in [-0.05, 0) is 56.2 Å². The summed E-state index contributed by atoms with van der Waals surface area (Å²) in [4.78, 5) is 22.8. The highest BCUT2D eigenvalue weighted by atomic mass is 16.5. The van der Waals surface area contributed by atoms with E-state index in [-0.39, 0.29) is 11.9 Å². The van der Waals surface area contributed by atoms with Crippen LogP contribution in [0.4, 0.5) is 0 Å². The van der Waals surface area contributed by atoms with Crippen LogP contribution in [0.2, 0.25) is 0 Å². The second-order valence-corrected chi connectivity index (χ2v) is 7.53. The van der Waals surface area contributed by atoms with Gasteiger partial charge in [0.1, 0.15) is 11.5 Å². The summed E-state index contributed by atoms with van der Waals surface area (Å²) in [7, 11) is 0. The van der Waals surface area contributed by atoms with E-state index in [0.29, 0.717) is 37.7 Å². The number of amides is 1. The first-order valence-corrected chi connectivity index (χ1v) is 11.3. The van der Waals surface area contributed by atoms with E-state index in [1.165, 1.54) is 0 Å². The Labute approximate surface area is 190 Å². The van der Waals surface area contributed by atoms with Gasteiger partial charge in [-0.25, -0.2) is 9.98 Å². The van der Waals surface area contributed by atoms with Crippen molar-refractivity contribution in [2.45, 2.75) is 46.2 Å². The van der Waals surface area contributed by atoms with Gasteiger partial charge in [0.2, 0.25) is 11.8 Å². The minimum atomic E-state index is 0.202. The van der Waals surface area contributed by atoms with E-state index >= 15 is 0 Å². The molecule has 1 saturated heterocycles. The number of carbonyl (C=O) groups excluding carboxylic acids is 1. The molecular weight excluding hydrogens is 406 g/mol. The van der Waals surface area contributed by atoms with Crippen LogP contribution in [0.15, 0.2) is 47.6 Å². The van der Waals surface area contributed by atoms with Gasteiger partial charge in [0.05, 0.1) is 13.2 Å². The van der Waals surface area contributed by atoms with Crippen LogP contribution in [0.3, 0.4) is 0 Å². The van der Waals surface area contributed by atoms with E-state index in [9.17, 15) is 4.79 Å². The Kier molecular flexibility index (Phi) is 8.71. The minimum Gasteiger partial charge on any atom is -0.494 e. The molecule has 0 spiro atoms. The molecule has 1 aliphatic heterocycles. The van der Waals surface area contributed by atoms with Crippen molar-refractivity contribution in [1.29, 1.82) is 0 Å². The lowest BCUT2D eigenvalue weighted by Crippen LogP contribution is -2.45. The van der Waals surface area contributed by atoms with Crippen molar-refractivity contribution in [3.8, 4) is 17.4 Å². The fourth-order valence-electron chi connectivity index (χ4n) is 3.51. The largest absolute Gasteiger partial charge is 0.494 e. The monoisotopic (exact) mass is 439 g/mol. The van der Waals surface area contributed by atoms with Crippen LogP contribution in [0.25, 0.3) is 0 Å². The number of carbonyl (C=O) groups is 1. The van der Waals surface area contributed by atoms with Gasteiger partial charge in [-0.15, -0.1) is 0 Å². The average Bonchev–Trinajstić information content (AvgIpc) is 3.27. The van der Waals surface area contributed by atoms with Crippen molar-refractivity contribution in [2.75, 3.05) is 26.2 Å². The highest BCUT2D eigenvalue weighted by Crippen LogP contribution is 2.23. The highest BCUT2D eigenvalue weighted by molar-refractivity contribution is 5.80. The summed E-state index contributed by atoms with van der Waals surface area (Å²) in [5.74, 6) is 2.97. The smallest absolute Gasteiger partial charge is 0.222 e. The summed E-state index contributed by atoms with van der Waals surface area (Å²) in [6.45, 7) is 9.28. The van der Waals surface area contributed by atoms with Crippen LogP contribution in [-0.2, 0) is 11.3 Å². The average molecular weight is 440 g/mol. The standard InChI is InChI=1S/C24H33N5O3/c1-4-23(30)29-14-12-19(17-29)28-24(25-5-2)27-16-18-11-13-26-22(15-18)32-21-9-7-20(8-10-21)31-6-3/h7-11,13,15,19H,4-6,12,14,16-17H2,1-3H3,(H2,25,27,28). The van der Waals surface area contributed by atoms with Crippen molar-refractivity contribution >= 4 is 11.9 Å². The third-order valence-electron chi connectivity index (χ3n) is 5.10. The lowest BCUT2D eigenvalue weighted by atomic mass is 10.2. The Morgan fingerprint density at radius 3 is 2.69 bits per heavy atom. The van der Waals surface area contributed by atoms with Crippen molar-refractivity contribution in [1.82, 2.24) is 20.5 Å². The minimum absolute atomic E-state index is 0.202. The molecular formula is C24H33N5O3. The molecule has 0 aliphatic carbocycles. The molecule has 172 valence electrons. The summed E-state index contributed by atoms with van der Waals surface area (Å²) < 4.78 is 11.3. The molecule has 0 saturated carbocycles. The van der Waals surface area contributed by atoms with Crippen LogP contribution in [0.5, 0.6) is 17.4 Å². The zero-order valence-corrected chi connectivity index (χ0v) is 19.1. The van der Waals surface area contributed by atoms with E-state index in [4.69, 9.17) is 14.5 Å². The van der Waals surface area contributed by atoms with E-state index in [1.54, 1.807) is 6.20 Å². The predicted molar refractivity (Wildman–Crippen MR) is 125 cm³/mol. The van der Waals surface area contributed by atoms with Gasteiger partial charge in [-0.3, -0.25) is 4.79 Å². The summed E-state index contributed by atoms with van der Waals surface area (Å²) in [6, 6.07) is 11.5. The van der Waals surface area contributed by atoms with Crippen LogP contribution in [0.1, 0.15) is 39.2 Å². The molecule has 1 unspecified atom stereocenters. The normalized spacial score (nSPS) is 16.0. The second-order valence-electron chi connectivity index (χ2n) is 7.53. The molecule has 8 heteroatoms. The fourth-order valence-corrected chi connectivity index (χ4v) is 3.51. The molecule has 2 N–H and O–H groups in total. The maximum Gasteiger partial charge on any atom is 0.222 e. The summed E-state index contributed by atoms with van der Waals surface area (Å²) in [5, 5.41) is 6.74. The number of aromatic nitrogens is 1. The fraction of sp³-hybridized carbons (Fsp3) is 0.458. The first-order valence-electron chi connectivity index (χ1n) is 11.3. The van der Waals surface area contributed by atoms with Crippen molar-refractivity contribution < 1.29 is 14.3 Å². The van der Waals surface area contributed by atoms with E-state index in [0.717, 1.165) is 36.8 Å². The summed E-state index contributed by atoms with van der Waals surface area (Å²) >= 11 is 0. The molecule has 32 heavy (non-hydrogen) atoms. The van der Waals surface area contributed by atoms with Crippen molar-refractivity contribution in [3.63, 3.8) is 0 Å². The molecule has 1 aliphatic rings. The number of guanidine groups is 1. The number of likely N-dealkylation sites (tertiary alicyclic amines) is 1. The number of benzene rings is 1. The van der Waals surface area contributed by atoms with Gasteiger partial charge in [0.15, 0.2) is 5.96 Å². The second kappa shape index (κ2) is 11.9. The van der Waals surface area contributed by atoms with Crippen LogP contribution < -0.4 is 20.1 Å². The van der Waals surface area contributed by atoms with Crippen molar-refractivity contribution in [3.05, 3.63) is 48.2 Å². The van der Waals surface area contributed by atoms with E-state index in [2.05, 4.69) is 15.6 Å². The first-order chi connectivity index (χ1) is 15.6. The third-order valence-corrected chi connectivity index (χ3v) is 5.10. The van der Waals surface area contributed by atoms with Gasteiger partial charge in [-0.2, -0.15) is 0 Å². The topological polar surface area (TPSA) is 88.1 Å². The number of ether oxygens (including phenoxy) is 2. The Morgan fingerprint density at radius 1 is 1.19 bits per heavy atom. The van der Waals surface area contributed by atoms with E-state index < -0.39 is 0 Å². The molecule has 2 heterocycles. The molecule has 8 nitrogen and oxygen atoms in total. The zero-order chi connectivity index (χ0) is 22.8. The maximum absolute atomic E-state index is 11.9. The Bertz CT molecular complexity index is 901. The van der Waals surface area contributed by atoms with Gasteiger partial charge >= 0.3 is 0 Å².